The molecule has 0 saturated heterocycles. The number of hydrogen-bond donors (Lipinski definition) is 1. The first-order valence-electron chi connectivity index (χ1n) is 6.75. The Morgan fingerprint density at radius 2 is 2.04 bits per heavy atom. The molecule has 2 aromatic heterocycles. The highest BCUT2D eigenvalue weighted by Gasteiger charge is 2.16. The van der Waals surface area contributed by atoms with Crippen molar-refractivity contribution in [1.29, 1.82) is 0 Å². The molecule has 0 unspecified atom stereocenters. The summed E-state index contributed by atoms with van der Waals surface area (Å²) >= 11 is 7.19. The normalized spacial score (nSPS) is 10.8. The van der Waals surface area contributed by atoms with E-state index >= 15 is 0 Å². The lowest BCUT2D eigenvalue weighted by Gasteiger charge is -2.09. The highest BCUT2D eigenvalue weighted by atomic mass is 35.5. The van der Waals surface area contributed by atoms with Gasteiger partial charge in [0.15, 0.2) is 11.0 Å². The van der Waals surface area contributed by atoms with Gasteiger partial charge in [0.1, 0.15) is 5.69 Å². The Kier molecular flexibility index (Phi) is 4.49. The second-order valence-corrected chi connectivity index (χ2v) is 6.11. The van der Waals surface area contributed by atoms with Gasteiger partial charge in [-0.25, -0.2) is 9.37 Å². The summed E-state index contributed by atoms with van der Waals surface area (Å²) in [6, 6.07) is 7.41. The van der Waals surface area contributed by atoms with Crippen molar-refractivity contribution >= 4 is 29.5 Å². The zero-order chi connectivity index (χ0) is 16.4. The van der Waals surface area contributed by atoms with Crippen molar-refractivity contribution in [1.82, 2.24) is 19.7 Å². The smallest absolute Gasteiger partial charge is 0.235 e. The van der Waals surface area contributed by atoms with Crippen molar-refractivity contribution < 1.29 is 4.39 Å². The van der Waals surface area contributed by atoms with Gasteiger partial charge in [0.25, 0.3) is 0 Å². The number of aromatic nitrogens is 4. The zero-order valence-corrected chi connectivity index (χ0v) is 14.0. The Hall–Kier alpha value is -2.12. The van der Waals surface area contributed by atoms with E-state index in [4.69, 9.17) is 11.6 Å². The molecule has 0 radical (unpaired) electrons. The summed E-state index contributed by atoms with van der Waals surface area (Å²) in [7, 11) is 1.83. The van der Waals surface area contributed by atoms with Crippen molar-refractivity contribution in [2.75, 3.05) is 4.72 Å². The highest BCUT2D eigenvalue weighted by Crippen LogP contribution is 2.29. The van der Waals surface area contributed by atoms with Gasteiger partial charge in [-0.1, -0.05) is 35.9 Å². The first-order valence-corrected chi connectivity index (χ1v) is 7.94. The van der Waals surface area contributed by atoms with Gasteiger partial charge in [0.2, 0.25) is 5.95 Å². The van der Waals surface area contributed by atoms with Crippen LogP contribution < -0.4 is 4.72 Å². The fourth-order valence-electron chi connectivity index (χ4n) is 2.04. The topological polar surface area (TPSA) is 55.6 Å². The molecule has 23 heavy (non-hydrogen) atoms. The molecule has 0 aliphatic heterocycles. The molecule has 118 valence electrons. The highest BCUT2D eigenvalue weighted by molar-refractivity contribution is 8.00. The zero-order valence-electron chi connectivity index (χ0n) is 12.4. The molecular weight excluding hydrogens is 337 g/mol. The molecule has 2 heterocycles. The number of halogens is 2. The SMILES string of the molecule is Cc1ccccc1-c1nc(NSc2cnn(C)c2)nc(Cl)c1F. The quantitative estimate of drug-likeness (QED) is 0.567. The molecular formula is C15H13ClFN5S. The maximum absolute atomic E-state index is 14.3. The van der Waals surface area contributed by atoms with Gasteiger partial charge in [-0.3, -0.25) is 9.40 Å². The lowest BCUT2D eigenvalue weighted by Crippen LogP contribution is -2.01. The lowest BCUT2D eigenvalue weighted by molar-refractivity contribution is 0.619. The van der Waals surface area contributed by atoms with Gasteiger partial charge in [-0.15, -0.1) is 0 Å². The van der Waals surface area contributed by atoms with Crippen LogP contribution in [0.15, 0.2) is 41.6 Å². The van der Waals surface area contributed by atoms with Crippen LogP contribution in [0, 0.1) is 12.7 Å². The summed E-state index contributed by atoms with van der Waals surface area (Å²) in [6.45, 7) is 1.89. The molecule has 5 nitrogen and oxygen atoms in total. The van der Waals surface area contributed by atoms with Crippen molar-refractivity contribution in [3.63, 3.8) is 0 Å². The maximum atomic E-state index is 14.3. The second kappa shape index (κ2) is 6.55. The van der Waals surface area contributed by atoms with Gasteiger partial charge >= 0.3 is 0 Å². The Morgan fingerprint density at radius 3 is 2.74 bits per heavy atom. The fourth-order valence-corrected chi connectivity index (χ4v) is 2.81. The average molecular weight is 350 g/mol. The number of nitrogens with one attached hydrogen (secondary N) is 1. The largest absolute Gasteiger partial charge is 0.294 e. The van der Waals surface area contributed by atoms with Crippen molar-refractivity contribution in [2.24, 2.45) is 7.05 Å². The summed E-state index contributed by atoms with van der Waals surface area (Å²) in [5, 5.41) is 3.85. The average Bonchev–Trinajstić information content (AvgIpc) is 2.95. The third kappa shape index (κ3) is 3.46. The Bertz CT molecular complexity index is 852. The standard InChI is InChI=1S/C15H13ClFN5S/c1-9-5-3-4-6-11(9)13-12(17)14(16)20-15(19-13)21-23-10-7-18-22(2)8-10/h3-8H,1-2H3,(H,19,20,21). The number of aryl methyl sites for hydroxylation is 2. The van der Waals surface area contributed by atoms with E-state index in [9.17, 15) is 4.39 Å². The molecule has 1 aromatic carbocycles. The van der Waals surface area contributed by atoms with Gasteiger partial charge in [0, 0.05) is 18.8 Å². The first-order chi connectivity index (χ1) is 11.0. The summed E-state index contributed by atoms with van der Waals surface area (Å²) in [5.74, 6) is -0.388. The van der Waals surface area contributed by atoms with Crippen molar-refractivity contribution in [2.45, 2.75) is 11.8 Å². The van der Waals surface area contributed by atoms with E-state index in [-0.39, 0.29) is 16.8 Å². The van der Waals surface area contributed by atoms with Gasteiger partial charge in [-0.2, -0.15) is 10.1 Å². The Morgan fingerprint density at radius 1 is 1.26 bits per heavy atom. The van der Waals surface area contributed by atoms with Crippen LogP contribution in [-0.4, -0.2) is 19.7 Å². The molecule has 3 aromatic rings. The van der Waals surface area contributed by atoms with Crippen LogP contribution in [0.2, 0.25) is 5.15 Å². The molecule has 0 bridgehead atoms. The number of nitrogens with zero attached hydrogens (tertiary/aromatic N) is 4. The van der Waals surface area contributed by atoms with E-state index in [0.29, 0.717) is 5.56 Å². The minimum atomic E-state index is -0.627. The Balaban J connectivity index is 1.92. The van der Waals surface area contributed by atoms with Gasteiger partial charge < -0.3 is 0 Å². The van der Waals surface area contributed by atoms with E-state index in [1.165, 1.54) is 11.9 Å². The summed E-state index contributed by atoms with van der Waals surface area (Å²) in [5.41, 5.74) is 1.77. The first kappa shape index (κ1) is 15.8. The maximum Gasteiger partial charge on any atom is 0.235 e. The number of hydrogen-bond acceptors (Lipinski definition) is 5. The number of benzene rings is 1. The third-order valence-corrected chi connectivity index (χ3v) is 4.13. The van der Waals surface area contributed by atoms with Crippen LogP contribution in [0.4, 0.5) is 10.3 Å². The van der Waals surface area contributed by atoms with Crippen LogP contribution in [0.25, 0.3) is 11.3 Å². The summed E-state index contributed by atoms with van der Waals surface area (Å²) in [4.78, 5) is 9.07. The molecule has 0 aliphatic rings. The van der Waals surface area contributed by atoms with Crippen LogP contribution in [0.5, 0.6) is 0 Å². The monoisotopic (exact) mass is 349 g/mol. The Labute approximate surface area is 142 Å². The molecule has 0 spiro atoms. The molecule has 0 fully saturated rings. The summed E-state index contributed by atoms with van der Waals surface area (Å²) < 4.78 is 19.0. The van der Waals surface area contributed by atoms with Crippen LogP contribution >= 0.6 is 23.5 Å². The fraction of sp³-hybridized carbons (Fsp3) is 0.133. The minimum Gasteiger partial charge on any atom is -0.294 e. The third-order valence-electron chi connectivity index (χ3n) is 3.15. The van der Waals surface area contributed by atoms with E-state index in [1.54, 1.807) is 16.9 Å². The predicted octanol–water partition coefficient (Wildman–Crippen LogP) is 4.10. The van der Waals surface area contributed by atoms with Crippen LogP contribution in [0.1, 0.15) is 5.56 Å². The minimum absolute atomic E-state index is 0.178. The lowest BCUT2D eigenvalue weighted by atomic mass is 10.1. The van der Waals surface area contributed by atoms with E-state index in [2.05, 4.69) is 19.8 Å². The molecule has 3 rings (SSSR count). The predicted molar refractivity (Wildman–Crippen MR) is 89.9 cm³/mol. The number of anilines is 1. The van der Waals surface area contributed by atoms with E-state index in [1.807, 2.05) is 38.4 Å². The molecule has 0 aliphatic carbocycles. The molecule has 0 atom stereocenters. The second-order valence-electron chi connectivity index (χ2n) is 4.87. The number of rotatable bonds is 4. The van der Waals surface area contributed by atoms with Crippen LogP contribution in [0.3, 0.4) is 0 Å². The summed E-state index contributed by atoms with van der Waals surface area (Å²) in [6.07, 6.45) is 3.54. The van der Waals surface area contributed by atoms with Crippen molar-refractivity contribution in [3.05, 3.63) is 53.2 Å². The van der Waals surface area contributed by atoms with Gasteiger partial charge in [-0.05, 0) is 24.4 Å². The van der Waals surface area contributed by atoms with E-state index in [0.717, 1.165) is 10.5 Å². The molecule has 8 heteroatoms. The van der Waals surface area contributed by atoms with Crippen LogP contribution in [-0.2, 0) is 7.05 Å². The van der Waals surface area contributed by atoms with E-state index < -0.39 is 5.82 Å². The molecule has 0 amide bonds. The van der Waals surface area contributed by atoms with Crippen molar-refractivity contribution in [3.8, 4) is 11.3 Å². The molecule has 0 saturated carbocycles. The van der Waals surface area contributed by atoms with Gasteiger partial charge in [0.05, 0.1) is 11.1 Å². The molecule has 1 N–H and O–H groups in total.